The fraction of sp³-hybridized carbons (Fsp3) is 0.583. The number of aliphatic hydroxyl groups excluding tert-OH is 1. The van der Waals surface area contributed by atoms with Crippen LogP contribution in [0.4, 0.5) is 0 Å². The molecular formula is C12H17NO3S. The second-order valence-electron chi connectivity index (χ2n) is 4.32. The van der Waals surface area contributed by atoms with Crippen molar-refractivity contribution in [3.05, 3.63) is 21.9 Å². The Bertz CT molecular complexity index is 385. The summed E-state index contributed by atoms with van der Waals surface area (Å²) in [4.78, 5) is 13.3. The summed E-state index contributed by atoms with van der Waals surface area (Å²) in [6.45, 7) is 0.809. The first-order valence-corrected chi connectivity index (χ1v) is 6.55. The van der Waals surface area contributed by atoms with Gasteiger partial charge in [0.1, 0.15) is 0 Å². The maximum Gasteiger partial charge on any atom is 0.310 e. The SMILES string of the molecule is COC(=O)Cc1ccc(CNC2CC(O)C2)s1. The van der Waals surface area contributed by atoms with E-state index < -0.39 is 0 Å². The van der Waals surface area contributed by atoms with Crippen LogP contribution in [0.2, 0.25) is 0 Å². The number of carbonyl (C=O) groups excluding carboxylic acids is 1. The van der Waals surface area contributed by atoms with Crippen molar-refractivity contribution in [2.45, 2.75) is 38.0 Å². The van der Waals surface area contributed by atoms with Crippen LogP contribution in [0.15, 0.2) is 12.1 Å². The minimum Gasteiger partial charge on any atom is -0.469 e. The van der Waals surface area contributed by atoms with E-state index in [0.717, 1.165) is 24.3 Å². The minimum atomic E-state index is -0.200. The molecule has 0 bridgehead atoms. The quantitative estimate of drug-likeness (QED) is 0.773. The van der Waals surface area contributed by atoms with E-state index in [4.69, 9.17) is 5.11 Å². The van der Waals surface area contributed by atoms with Crippen LogP contribution in [0.1, 0.15) is 22.6 Å². The molecule has 0 spiro atoms. The average molecular weight is 255 g/mol. The summed E-state index contributed by atoms with van der Waals surface area (Å²) < 4.78 is 4.62. The van der Waals surface area contributed by atoms with Crippen molar-refractivity contribution < 1.29 is 14.6 Å². The standard InChI is InChI=1S/C12H17NO3S/c1-16-12(15)6-10-2-3-11(17-10)7-13-8-4-9(14)5-8/h2-3,8-9,13-14H,4-7H2,1H3. The first-order chi connectivity index (χ1) is 8.17. The maximum absolute atomic E-state index is 11.1. The van der Waals surface area contributed by atoms with E-state index in [9.17, 15) is 4.79 Å². The second-order valence-corrected chi connectivity index (χ2v) is 5.58. The molecular weight excluding hydrogens is 238 g/mol. The molecule has 2 rings (SSSR count). The van der Waals surface area contributed by atoms with Gasteiger partial charge < -0.3 is 15.2 Å². The van der Waals surface area contributed by atoms with Crippen LogP contribution in [0, 0.1) is 0 Å². The Morgan fingerprint density at radius 2 is 2.24 bits per heavy atom. The van der Waals surface area contributed by atoms with Crippen molar-refractivity contribution in [3.63, 3.8) is 0 Å². The number of thiophene rings is 1. The highest BCUT2D eigenvalue weighted by Crippen LogP contribution is 2.22. The summed E-state index contributed by atoms with van der Waals surface area (Å²) in [6.07, 6.45) is 1.93. The van der Waals surface area contributed by atoms with E-state index in [2.05, 4.69) is 10.1 Å². The van der Waals surface area contributed by atoms with Crippen molar-refractivity contribution in [2.24, 2.45) is 0 Å². The molecule has 0 saturated heterocycles. The lowest BCUT2D eigenvalue weighted by Gasteiger charge is -2.32. The van der Waals surface area contributed by atoms with E-state index in [1.54, 1.807) is 11.3 Å². The monoisotopic (exact) mass is 255 g/mol. The van der Waals surface area contributed by atoms with Gasteiger partial charge >= 0.3 is 5.97 Å². The van der Waals surface area contributed by atoms with Crippen LogP contribution >= 0.6 is 11.3 Å². The van der Waals surface area contributed by atoms with Crippen molar-refractivity contribution in [1.82, 2.24) is 5.32 Å². The number of esters is 1. The summed E-state index contributed by atoms with van der Waals surface area (Å²) >= 11 is 1.63. The molecule has 0 atom stereocenters. The molecule has 1 heterocycles. The average Bonchev–Trinajstić information content (AvgIpc) is 2.70. The Balaban J connectivity index is 1.76. The zero-order valence-corrected chi connectivity index (χ0v) is 10.6. The molecule has 1 aromatic heterocycles. The van der Waals surface area contributed by atoms with Crippen molar-refractivity contribution in [3.8, 4) is 0 Å². The molecule has 0 amide bonds. The highest BCUT2D eigenvalue weighted by Gasteiger charge is 2.26. The lowest BCUT2D eigenvalue weighted by molar-refractivity contribution is -0.139. The number of rotatable bonds is 5. The van der Waals surface area contributed by atoms with Gasteiger partial charge in [-0.25, -0.2) is 0 Å². The van der Waals surface area contributed by atoms with Crippen LogP contribution in [0.3, 0.4) is 0 Å². The van der Waals surface area contributed by atoms with Crippen molar-refractivity contribution in [1.29, 1.82) is 0 Å². The predicted molar refractivity (Wildman–Crippen MR) is 65.9 cm³/mol. The molecule has 0 unspecified atom stereocenters. The molecule has 1 saturated carbocycles. The number of carbonyl (C=O) groups is 1. The third kappa shape index (κ3) is 3.52. The third-order valence-electron chi connectivity index (χ3n) is 2.94. The van der Waals surface area contributed by atoms with Gasteiger partial charge in [-0.1, -0.05) is 0 Å². The fourth-order valence-electron chi connectivity index (χ4n) is 1.83. The van der Waals surface area contributed by atoms with E-state index in [1.807, 2.05) is 12.1 Å². The lowest BCUT2D eigenvalue weighted by atomic mass is 9.89. The van der Waals surface area contributed by atoms with Crippen molar-refractivity contribution in [2.75, 3.05) is 7.11 Å². The van der Waals surface area contributed by atoms with Gasteiger partial charge in [0.15, 0.2) is 0 Å². The van der Waals surface area contributed by atoms with Crippen LogP contribution in [-0.2, 0) is 22.5 Å². The molecule has 2 N–H and O–H groups in total. The largest absolute Gasteiger partial charge is 0.469 e. The van der Waals surface area contributed by atoms with Crippen LogP contribution in [-0.4, -0.2) is 30.3 Å². The van der Waals surface area contributed by atoms with Gasteiger partial charge in [-0.15, -0.1) is 11.3 Å². The van der Waals surface area contributed by atoms with Crippen LogP contribution in [0.25, 0.3) is 0 Å². The van der Waals surface area contributed by atoms with Gasteiger partial charge in [0.2, 0.25) is 0 Å². The number of ether oxygens (including phenoxy) is 1. The zero-order chi connectivity index (χ0) is 12.3. The molecule has 94 valence electrons. The van der Waals surface area contributed by atoms with Gasteiger partial charge in [0.05, 0.1) is 19.6 Å². The first-order valence-electron chi connectivity index (χ1n) is 5.73. The molecule has 4 nitrogen and oxygen atoms in total. The van der Waals surface area contributed by atoms with Gasteiger partial charge in [0.25, 0.3) is 0 Å². The van der Waals surface area contributed by atoms with Gasteiger partial charge in [-0.2, -0.15) is 0 Å². The fourth-order valence-corrected chi connectivity index (χ4v) is 2.78. The summed E-state index contributed by atoms with van der Waals surface area (Å²) in [6, 6.07) is 4.44. The van der Waals surface area contributed by atoms with Crippen LogP contribution < -0.4 is 5.32 Å². The number of methoxy groups -OCH3 is 1. The Hall–Kier alpha value is -0.910. The number of nitrogens with one attached hydrogen (secondary N) is 1. The Morgan fingerprint density at radius 3 is 2.88 bits per heavy atom. The molecule has 1 aliphatic carbocycles. The van der Waals surface area contributed by atoms with Crippen molar-refractivity contribution >= 4 is 17.3 Å². The molecule has 5 heteroatoms. The summed E-state index contributed by atoms with van der Waals surface area (Å²) in [5.74, 6) is -0.200. The second kappa shape index (κ2) is 5.62. The number of hydrogen-bond acceptors (Lipinski definition) is 5. The van der Waals surface area contributed by atoms with E-state index >= 15 is 0 Å². The number of aliphatic hydroxyl groups is 1. The molecule has 0 aromatic carbocycles. The number of hydrogen-bond donors (Lipinski definition) is 2. The van der Waals surface area contributed by atoms with E-state index in [-0.39, 0.29) is 12.1 Å². The lowest BCUT2D eigenvalue weighted by Crippen LogP contribution is -2.43. The summed E-state index contributed by atoms with van der Waals surface area (Å²) in [5, 5.41) is 12.5. The minimum absolute atomic E-state index is 0.120. The first kappa shape index (κ1) is 12.5. The Morgan fingerprint density at radius 1 is 1.53 bits per heavy atom. The third-order valence-corrected chi connectivity index (χ3v) is 4.03. The summed E-state index contributed by atoms with van der Waals surface area (Å²) in [5.41, 5.74) is 0. The predicted octanol–water partition coefficient (Wildman–Crippen LogP) is 1.08. The van der Waals surface area contributed by atoms with E-state index in [0.29, 0.717) is 12.5 Å². The topological polar surface area (TPSA) is 58.6 Å². The molecule has 0 aliphatic heterocycles. The maximum atomic E-state index is 11.1. The molecule has 17 heavy (non-hydrogen) atoms. The molecule has 1 fully saturated rings. The highest BCUT2D eigenvalue weighted by molar-refractivity contribution is 7.12. The van der Waals surface area contributed by atoms with Gasteiger partial charge in [-0.05, 0) is 25.0 Å². The highest BCUT2D eigenvalue weighted by atomic mass is 32.1. The van der Waals surface area contributed by atoms with Crippen LogP contribution in [0.5, 0.6) is 0 Å². The molecule has 1 aromatic rings. The summed E-state index contributed by atoms with van der Waals surface area (Å²) in [7, 11) is 1.40. The molecule has 0 radical (unpaired) electrons. The molecule has 1 aliphatic rings. The van der Waals surface area contributed by atoms with Gasteiger partial charge in [-0.3, -0.25) is 4.79 Å². The normalized spacial score (nSPS) is 23.2. The smallest absolute Gasteiger partial charge is 0.310 e. The zero-order valence-electron chi connectivity index (χ0n) is 9.81. The Labute approximate surface area is 105 Å². The van der Waals surface area contributed by atoms with E-state index in [1.165, 1.54) is 12.0 Å². The Kier molecular flexibility index (Phi) is 4.15. The van der Waals surface area contributed by atoms with Gasteiger partial charge in [0, 0.05) is 22.3 Å².